The summed E-state index contributed by atoms with van der Waals surface area (Å²) in [7, 11) is 0. The third-order valence-corrected chi connectivity index (χ3v) is 5.29. The van der Waals surface area contributed by atoms with Crippen LogP contribution in [0, 0.1) is 6.92 Å². The van der Waals surface area contributed by atoms with Gasteiger partial charge in [0.2, 0.25) is 5.91 Å². The van der Waals surface area contributed by atoms with Gasteiger partial charge in [-0.1, -0.05) is 69.9 Å². The summed E-state index contributed by atoms with van der Waals surface area (Å²) in [5, 5.41) is 2.95. The molecule has 0 heterocycles. The Morgan fingerprint density at radius 1 is 0.839 bits per heavy atom. The molecule has 1 N–H and O–H groups in total. The number of rotatable bonds is 12. The highest BCUT2D eigenvalue weighted by Crippen LogP contribution is 2.17. The van der Waals surface area contributed by atoms with Crippen LogP contribution in [0.15, 0.2) is 54.6 Å². The van der Waals surface area contributed by atoms with Crippen molar-refractivity contribution in [3.05, 3.63) is 60.2 Å². The fourth-order valence-corrected chi connectivity index (χ4v) is 3.50. The summed E-state index contributed by atoms with van der Waals surface area (Å²) in [6.45, 7) is 7.83. The van der Waals surface area contributed by atoms with Gasteiger partial charge in [-0.25, -0.2) is 4.79 Å². The molecule has 0 unspecified atom stereocenters. The lowest BCUT2D eigenvalue weighted by Gasteiger charge is -2.28. The number of carbonyl (C=O) groups excluding carboxylic acids is 2. The maximum Gasteiger partial charge on any atom is 0.326 e. The average molecular weight is 424 g/mol. The standard InChI is InChI=1S/C26H37N3O2/c1-4-6-11-18-28(19-12-7-5-2)25(30)21-29(24-16-9-8-10-17-24)26(31)27-23-15-13-14-22(3)20-23/h8-10,13-17,20H,4-7,11-12,18-19,21H2,1-3H3,(H,27,31). The summed E-state index contributed by atoms with van der Waals surface area (Å²) in [5.74, 6) is -0.00421. The largest absolute Gasteiger partial charge is 0.341 e. The number of amides is 3. The smallest absolute Gasteiger partial charge is 0.326 e. The second kappa shape index (κ2) is 13.5. The first-order valence-corrected chi connectivity index (χ1v) is 11.5. The monoisotopic (exact) mass is 423 g/mol. The quantitative estimate of drug-likeness (QED) is 0.411. The number of carbonyl (C=O) groups is 2. The zero-order valence-electron chi connectivity index (χ0n) is 19.3. The predicted molar refractivity (Wildman–Crippen MR) is 130 cm³/mol. The Morgan fingerprint density at radius 3 is 2.06 bits per heavy atom. The molecule has 0 atom stereocenters. The van der Waals surface area contributed by atoms with Crippen molar-refractivity contribution < 1.29 is 9.59 Å². The van der Waals surface area contributed by atoms with Gasteiger partial charge in [0.15, 0.2) is 0 Å². The van der Waals surface area contributed by atoms with E-state index in [-0.39, 0.29) is 18.5 Å². The van der Waals surface area contributed by atoms with E-state index in [1.54, 1.807) is 0 Å². The third kappa shape index (κ3) is 8.44. The highest BCUT2D eigenvalue weighted by atomic mass is 16.2. The Labute approximate surface area is 187 Å². The first-order valence-electron chi connectivity index (χ1n) is 11.5. The molecule has 31 heavy (non-hydrogen) atoms. The van der Waals surface area contributed by atoms with Crippen LogP contribution in [-0.2, 0) is 4.79 Å². The lowest BCUT2D eigenvalue weighted by Crippen LogP contribution is -2.45. The van der Waals surface area contributed by atoms with Crippen LogP contribution in [0.2, 0.25) is 0 Å². The van der Waals surface area contributed by atoms with E-state index in [1.807, 2.05) is 66.4 Å². The zero-order chi connectivity index (χ0) is 22.5. The van der Waals surface area contributed by atoms with Crippen LogP contribution in [0.5, 0.6) is 0 Å². The molecule has 0 fully saturated rings. The van der Waals surface area contributed by atoms with Gasteiger partial charge in [-0.05, 0) is 49.6 Å². The molecule has 5 nitrogen and oxygen atoms in total. The van der Waals surface area contributed by atoms with Crippen LogP contribution in [-0.4, -0.2) is 36.5 Å². The van der Waals surface area contributed by atoms with E-state index in [0.717, 1.165) is 62.9 Å². The molecule has 0 aliphatic rings. The van der Waals surface area contributed by atoms with E-state index in [9.17, 15) is 9.59 Å². The van der Waals surface area contributed by atoms with Crippen LogP contribution >= 0.6 is 0 Å². The topological polar surface area (TPSA) is 52.7 Å². The Hall–Kier alpha value is -2.82. The van der Waals surface area contributed by atoms with Crippen LogP contribution in [0.3, 0.4) is 0 Å². The SMILES string of the molecule is CCCCCN(CCCCC)C(=O)CN(C(=O)Nc1cccc(C)c1)c1ccccc1. The molecule has 2 aromatic rings. The number of hydrogen-bond donors (Lipinski definition) is 1. The Bertz CT molecular complexity index is 797. The Balaban J connectivity index is 2.16. The summed E-state index contributed by atoms with van der Waals surface area (Å²) < 4.78 is 0. The Kier molecular flexibility index (Phi) is 10.6. The van der Waals surface area contributed by atoms with Gasteiger partial charge in [0, 0.05) is 24.5 Å². The van der Waals surface area contributed by atoms with Crippen LogP contribution < -0.4 is 10.2 Å². The van der Waals surface area contributed by atoms with Gasteiger partial charge in [0.1, 0.15) is 6.54 Å². The maximum absolute atomic E-state index is 13.2. The van der Waals surface area contributed by atoms with Crippen molar-refractivity contribution in [3.8, 4) is 0 Å². The molecule has 0 saturated heterocycles. The summed E-state index contributed by atoms with van der Waals surface area (Å²) in [5.41, 5.74) is 2.50. The number of urea groups is 1. The fraction of sp³-hybridized carbons (Fsp3) is 0.462. The summed E-state index contributed by atoms with van der Waals surface area (Å²) in [6.07, 6.45) is 6.43. The number of benzene rings is 2. The van der Waals surface area contributed by atoms with Gasteiger partial charge in [-0.15, -0.1) is 0 Å². The molecule has 168 valence electrons. The van der Waals surface area contributed by atoms with Crippen molar-refractivity contribution in [2.45, 2.75) is 59.3 Å². The summed E-state index contributed by atoms with van der Waals surface area (Å²) in [4.78, 5) is 29.8. The van der Waals surface area contributed by atoms with Gasteiger partial charge >= 0.3 is 6.03 Å². The molecule has 3 amide bonds. The van der Waals surface area contributed by atoms with Crippen molar-refractivity contribution in [1.82, 2.24) is 4.90 Å². The molecule has 0 spiro atoms. The third-order valence-electron chi connectivity index (χ3n) is 5.29. The minimum absolute atomic E-state index is 0.00421. The normalized spacial score (nSPS) is 10.5. The van der Waals surface area contributed by atoms with E-state index in [4.69, 9.17) is 0 Å². The molecule has 0 radical (unpaired) electrons. The van der Waals surface area contributed by atoms with Crippen molar-refractivity contribution in [1.29, 1.82) is 0 Å². The minimum atomic E-state index is -0.299. The molecular formula is C26H37N3O2. The molecule has 0 aromatic heterocycles. The molecule has 2 aromatic carbocycles. The highest BCUT2D eigenvalue weighted by molar-refractivity contribution is 6.05. The number of para-hydroxylation sites is 1. The molecule has 2 rings (SSSR count). The number of nitrogens with zero attached hydrogens (tertiary/aromatic N) is 2. The van der Waals surface area contributed by atoms with Gasteiger partial charge in [-0.3, -0.25) is 9.69 Å². The van der Waals surface area contributed by atoms with Crippen molar-refractivity contribution >= 4 is 23.3 Å². The molecule has 0 bridgehead atoms. The molecule has 0 aliphatic carbocycles. The van der Waals surface area contributed by atoms with E-state index < -0.39 is 0 Å². The van der Waals surface area contributed by atoms with Crippen LogP contribution in [0.1, 0.15) is 57.9 Å². The number of aryl methyl sites for hydroxylation is 1. The number of hydrogen-bond acceptors (Lipinski definition) is 2. The van der Waals surface area contributed by atoms with E-state index in [0.29, 0.717) is 5.69 Å². The molecule has 5 heteroatoms. The highest BCUT2D eigenvalue weighted by Gasteiger charge is 2.22. The summed E-state index contributed by atoms with van der Waals surface area (Å²) in [6, 6.07) is 16.8. The molecule has 0 aliphatic heterocycles. The predicted octanol–water partition coefficient (Wildman–Crippen LogP) is 6.24. The second-order valence-electron chi connectivity index (χ2n) is 8.02. The van der Waals surface area contributed by atoms with Gasteiger partial charge < -0.3 is 10.2 Å². The second-order valence-corrected chi connectivity index (χ2v) is 8.02. The van der Waals surface area contributed by atoms with Crippen molar-refractivity contribution in [2.24, 2.45) is 0 Å². The van der Waals surface area contributed by atoms with Crippen molar-refractivity contribution in [2.75, 3.05) is 29.9 Å². The first-order chi connectivity index (χ1) is 15.0. The number of nitrogens with one attached hydrogen (secondary N) is 1. The van der Waals surface area contributed by atoms with Crippen molar-refractivity contribution in [3.63, 3.8) is 0 Å². The minimum Gasteiger partial charge on any atom is -0.341 e. The van der Waals surface area contributed by atoms with Crippen LogP contribution in [0.4, 0.5) is 16.2 Å². The molecule has 0 saturated carbocycles. The first kappa shape index (κ1) is 24.4. The van der Waals surface area contributed by atoms with Gasteiger partial charge in [-0.2, -0.15) is 0 Å². The number of anilines is 2. The number of unbranched alkanes of at least 4 members (excludes halogenated alkanes) is 4. The lowest BCUT2D eigenvalue weighted by molar-refractivity contribution is -0.129. The fourth-order valence-electron chi connectivity index (χ4n) is 3.50. The maximum atomic E-state index is 13.2. The van der Waals surface area contributed by atoms with E-state index in [1.165, 1.54) is 4.90 Å². The van der Waals surface area contributed by atoms with Crippen LogP contribution in [0.25, 0.3) is 0 Å². The van der Waals surface area contributed by atoms with E-state index in [2.05, 4.69) is 19.2 Å². The Morgan fingerprint density at radius 2 is 1.48 bits per heavy atom. The summed E-state index contributed by atoms with van der Waals surface area (Å²) >= 11 is 0. The molecular weight excluding hydrogens is 386 g/mol. The average Bonchev–Trinajstić information content (AvgIpc) is 2.77. The van der Waals surface area contributed by atoms with Gasteiger partial charge in [0.25, 0.3) is 0 Å². The lowest BCUT2D eigenvalue weighted by atomic mass is 10.2. The van der Waals surface area contributed by atoms with Gasteiger partial charge in [0.05, 0.1) is 0 Å². The zero-order valence-corrected chi connectivity index (χ0v) is 19.3. The van der Waals surface area contributed by atoms with E-state index >= 15 is 0 Å².